The van der Waals surface area contributed by atoms with Crippen LogP contribution in [0.2, 0.25) is 0 Å². The zero-order valence-electron chi connectivity index (χ0n) is 31.8. The second kappa shape index (κ2) is 14.9. The first-order valence-electron chi connectivity index (χ1n) is 18.4. The smallest absolute Gasteiger partial charge is 0.378 e. The van der Waals surface area contributed by atoms with Crippen molar-refractivity contribution in [1.82, 2.24) is 34.6 Å². The highest BCUT2D eigenvalue weighted by Gasteiger charge is 2.63. The number of rotatable bonds is 11. The van der Waals surface area contributed by atoms with Crippen molar-refractivity contribution in [3.05, 3.63) is 94.1 Å². The van der Waals surface area contributed by atoms with Crippen LogP contribution in [0.5, 0.6) is 0 Å². The number of aromatic nitrogens is 5. The van der Waals surface area contributed by atoms with E-state index in [0.29, 0.717) is 27.2 Å². The number of aliphatic hydroxyl groups is 1. The number of pyridine rings is 1. The zero-order chi connectivity index (χ0) is 42.8. The molecule has 1 saturated carbocycles. The molecule has 0 unspecified atom stereocenters. The number of halogens is 7. The van der Waals surface area contributed by atoms with Gasteiger partial charge in [0.1, 0.15) is 35.2 Å². The molecule has 4 N–H and O–H groups in total. The summed E-state index contributed by atoms with van der Waals surface area (Å²) in [6, 6.07) is 9.12. The number of aryl methyl sites for hydroxylation is 1. The van der Waals surface area contributed by atoms with Gasteiger partial charge in [0.05, 0.1) is 17.3 Å². The van der Waals surface area contributed by atoms with Crippen LogP contribution in [0.1, 0.15) is 79.5 Å². The molecule has 5 aromatic rings. The van der Waals surface area contributed by atoms with E-state index in [1.54, 1.807) is 38.2 Å². The van der Waals surface area contributed by atoms with E-state index in [-0.39, 0.29) is 54.1 Å². The third-order valence-corrected chi connectivity index (χ3v) is 11.3. The number of carbonyl (C=O) groups excluding carboxylic acids is 1. The number of hydrogen-bond acceptors (Lipinski definition) is 7. The van der Waals surface area contributed by atoms with Crippen LogP contribution in [0.3, 0.4) is 0 Å². The number of alkyl halides is 5. The summed E-state index contributed by atoms with van der Waals surface area (Å²) in [4.78, 5) is 18.7. The standard InChI is InChI=1S/C39H37F7N8O4S/c1-5-47-59(57,58)52-36-27-8-6-7-25(33(27)53(4)51-36)24-10-9-23(13-14-37(2,3)56)48-32(24)29(17-20-15-21(40)18-22(41)16-20)49-30(55)19-54-35-31(34(50-54)39(44,45)46)26-11-12-28(26)38(35,42)43/h6-10,15-16,18,26,28-29,47,56H,5,11-12,17,19H2,1-4H3,(H,49,55)(H,51,52)/t26-,28+,29-/m0/s1. The second-order valence-electron chi connectivity index (χ2n) is 15.0. The molecule has 2 aromatic carbocycles. The van der Waals surface area contributed by atoms with Gasteiger partial charge in [-0.15, -0.1) is 0 Å². The first-order valence-corrected chi connectivity index (χ1v) is 19.8. The van der Waals surface area contributed by atoms with E-state index in [1.165, 1.54) is 24.6 Å². The highest BCUT2D eigenvalue weighted by molar-refractivity contribution is 7.90. The van der Waals surface area contributed by atoms with Gasteiger partial charge in [-0.3, -0.25) is 18.9 Å². The first-order chi connectivity index (χ1) is 27.6. The van der Waals surface area contributed by atoms with E-state index >= 15 is 8.78 Å². The molecule has 0 saturated heterocycles. The highest BCUT2D eigenvalue weighted by Crippen LogP contribution is 2.64. The lowest BCUT2D eigenvalue weighted by molar-refractivity contribution is -0.144. The molecule has 0 spiro atoms. The fourth-order valence-electron chi connectivity index (χ4n) is 7.75. The summed E-state index contributed by atoms with van der Waals surface area (Å²) < 4.78 is 135. The number of benzene rings is 2. The number of nitrogens with one attached hydrogen (secondary N) is 3. The van der Waals surface area contributed by atoms with E-state index in [4.69, 9.17) is 4.98 Å². The molecule has 59 heavy (non-hydrogen) atoms. The highest BCUT2D eigenvalue weighted by atomic mass is 32.2. The van der Waals surface area contributed by atoms with E-state index < -0.39 is 86.8 Å². The number of hydrogen-bond donors (Lipinski definition) is 4. The predicted molar refractivity (Wildman–Crippen MR) is 201 cm³/mol. The SMILES string of the molecule is CCNS(=O)(=O)Nc1nn(C)c2c(-c3ccc(C#CC(C)(C)O)nc3[C@H](Cc3cc(F)cc(F)c3)NC(=O)Cn3nc(C(F)(F)F)c4c3C(F)(F)[C@@H]3CC[C@H]43)cccc12. The summed E-state index contributed by atoms with van der Waals surface area (Å²) in [5.41, 5.74) is -3.52. The van der Waals surface area contributed by atoms with Gasteiger partial charge in [-0.2, -0.15) is 45.3 Å². The summed E-state index contributed by atoms with van der Waals surface area (Å²) in [6.45, 7) is 3.44. The van der Waals surface area contributed by atoms with Crippen LogP contribution in [0, 0.1) is 29.4 Å². The Labute approximate surface area is 333 Å². The number of amides is 1. The van der Waals surface area contributed by atoms with Crippen LogP contribution in [0.15, 0.2) is 48.5 Å². The van der Waals surface area contributed by atoms with E-state index in [9.17, 15) is 40.3 Å². The maximum Gasteiger partial charge on any atom is 0.435 e. The molecule has 312 valence electrons. The Balaban J connectivity index is 1.37. The Morgan fingerprint density at radius 2 is 1.76 bits per heavy atom. The average Bonchev–Trinajstić information content (AvgIpc) is 3.67. The van der Waals surface area contributed by atoms with Crippen molar-refractivity contribution in [2.75, 3.05) is 11.3 Å². The number of anilines is 1. The maximum atomic E-state index is 15.6. The van der Waals surface area contributed by atoms with Crippen LogP contribution >= 0.6 is 0 Å². The molecule has 2 aliphatic rings. The largest absolute Gasteiger partial charge is 0.435 e. The van der Waals surface area contributed by atoms with Gasteiger partial charge < -0.3 is 10.4 Å². The molecule has 0 bridgehead atoms. The minimum atomic E-state index is -5.08. The third-order valence-electron chi connectivity index (χ3n) is 10.1. The second-order valence-corrected chi connectivity index (χ2v) is 16.5. The summed E-state index contributed by atoms with van der Waals surface area (Å²) in [6.07, 6.45) is -5.37. The van der Waals surface area contributed by atoms with Crippen LogP contribution in [0.25, 0.3) is 22.0 Å². The van der Waals surface area contributed by atoms with Crippen LogP contribution in [0.4, 0.5) is 36.6 Å². The lowest BCUT2D eigenvalue weighted by Crippen LogP contribution is -2.36. The van der Waals surface area contributed by atoms with Crippen molar-refractivity contribution in [3.8, 4) is 23.0 Å². The fourth-order valence-corrected chi connectivity index (χ4v) is 8.61. The van der Waals surface area contributed by atoms with Gasteiger partial charge in [-0.05, 0) is 80.8 Å². The molecule has 2 aliphatic carbocycles. The lowest BCUT2D eigenvalue weighted by Gasteiger charge is -2.34. The van der Waals surface area contributed by atoms with Crippen molar-refractivity contribution in [2.24, 2.45) is 13.0 Å². The number of para-hydroxylation sites is 1. The Bertz CT molecular complexity index is 2640. The molecular weight excluding hydrogens is 810 g/mol. The third kappa shape index (κ3) is 8.23. The quantitative estimate of drug-likeness (QED) is 0.0910. The fraction of sp³-hybridized carbons (Fsp3) is 0.385. The van der Waals surface area contributed by atoms with Crippen LogP contribution in [-0.2, 0) is 47.1 Å². The van der Waals surface area contributed by atoms with Crippen LogP contribution < -0.4 is 14.8 Å². The monoisotopic (exact) mass is 846 g/mol. The normalized spacial score (nSPS) is 17.8. The van der Waals surface area contributed by atoms with Gasteiger partial charge in [0.15, 0.2) is 11.5 Å². The van der Waals surface area contributed by atoms with Gasteiger partial charge in [-0.1, -0.05) is 25.0 Å². The van der Waals surface area contributed by atoms with Crippen molar-refractivity contribution in [1.29, 1.82) is 0 Å². The van der Waals surface area contributed by atoms with E-state index in [2.05, 4.69) is 36.8 Å². The number of nitrogens with zero attached hydrogens (tertiary/aromatic N) is 5. The summed E-state index contributed by atoms with van der Waals surface area (Å²) in [5, 5.41) is 21.2. The molecule has 20 heteroatoms. The van der Waals surface area contributed by atoms with Crippen molar-refractivity contribution in [3.63, 3.8) is 0 Å². The molecule has 7 rings (SSSR count). The van der Waals surface area contributed by atoms with Gasteiger partial charge in [-0.25, -0.2) is 13.8 Å². The lowest BCUT2D eigenvalue weighted by atomic mass is 9.73. The average molecular weight is 847 g/mol. The summed E-state index contributed by atoms with van der Waals surface area (Å²) in [5.74, 6) is -3.80. The van der Waals surface area contributed by atoms with Gasteiger partial charge in [0.25, 0.3) is 16.1 Å². The molecule has 3 atom stereocenters. The van der Waals surface area contributed by atoms with Crippen molar-refractivity contribution in [2.45, 2.75) is 76.2 Å². The zero-order valence-corrected chi connectivity index (χ0v) is 32.7. The van der Waals surface area contributed by atoms with Crippen molar-refractivity contribution < 1.29 is 49.1 Å². The topological polar surface area (TPSA) is 156 Å². The summed E-state index contributed by atoms with van der Waals surface area (Å²) in [7, 11) is -2.49. The van der Waals surface area contributed by atoms with Gasteiger partial charge in [0, 0.05) is 47.7 Å². The Kier molecular flexibility index (Phi) is 10.5. The van der Waals surface area contributed by atoms with Gasteiger partial charge in [0.2, 0.25) is 5.91 Å². The van der Waals surface area contributed by atoms with Crippen LogP contribution in [-0.4, -0.2) is 56.1 Å². The molecule has 12 nitrogen and oxygen atoms in total. The first kappa shape index (κ1) is 41.6. The number of carbonyl (C=O) groups is 1. The molecule has 3 heterocycles. The minimum absolute atomic E-state index is 0.000838. The Hall–Kier alpha value is -5.52. The Morgan fingerprint density at radius 3 is 2.39 bits per heavy atom. The molecule has 1 amide bonds. The maximum absolute atomic E-state index is 15.6. The van der Waals surface area contributed by atoms with E-state index in [1.807, 2.05) is 0 Å². The van der Waals surface area contributed by atoms with Crippen molar-refractivity contribution >= 4 is 32.8 Å². The molecule has 0 aliphatic heterocycles. The molecule has 3 aromatic heterocycles. The molecular formula is C39H37F7N8O4S. The minimum Gasteiger partial charge on any atom is -0.378 e. The van der Waals surface area contributed by atoms with Gasteiger partial charge >= 0.3 is 6.18 Å². The predicted octanol–water partition coefficient (Wildman–Crippen LogP) is 6.22. The van der Waals surface area contributed by atoms with E-state index in [0.717, 1.165) is 12.1 Å². The molecule has 0 radical (unpaired) electrons. The molecule has 1 fully saturated rings. The number of fused-ring (bicyclic) bond motifs is 4. The Morgan fingerprint density at radius 1 is 1.05 bits per heavy atom. The summed E-state index contributed by atoms with van der Waals surface area (Å²) >= 11 is 0.